The lowest BCUT2D eigenvalue weighted by molar-refractivity contribution is -0.113. The highest BCUT2D eigenvalue weighted by Gasteiger charge is 2.16. The van der Waals surface area contributed by atoms with Crippen molar-refractivity contribution in [3.8, 4) is 0 Å². The van der Waals surface area contributed by atoms with Crippen molar-refractivity contribution < 1.29 is 4.79 Å². The van der Waals surface area contributed by atoms with Crippen LogP contribution in [0.15, 0.2) is 17.2 Å². The second-order valence-corrected chi connectivity index (χ2v) is 5.27. The van der Waals surface area contributed by atoms with Crippen molar-refractivity contribution in [1.29, 1.82) is 0 Å². The van der Waals surface area contributed by atoms with Gasteiger partial charge in [-0.1, -0.05) is 34.8 Å². The third kappa shape index (κ3) is 3.16. The number of halogens is 3. The molecule has 0 saturated heterocycles. The van der Waals surface area contributed by atoms with Crippen molar-refractivity contribution in [2.24, 2.45) is 5.10 Å². The molecule has 6 heteroatoms. The fraction of sp³-hybridized carbons (Fsp3) is 0.333. The Balaban J connectivity index is 2.17. The van der Waals surface area contributed by atoms with Crippen LogP contribution < -0.4 is 5.43 Å². The van der Waals surface area contributed by atoms with Gasteiger partial charge in [0.25, 0.3) is 0 Å². The van der Waals surface area contributed by atoms with Crippen LogP contribution in [0.4, 0.5) is 5.69 Å². The van der Waals surface area contributed by atoms with Crippen molar-refractivity contribution in [3.63, 3.8) is 0 Å². The molecule has 0 unspecified atom stereocenters. The Kier molecular flexibility index (Phi) is 4.49. The van der Waals surface area contributed by atoms with Crippen LogP contribution in [0.2, 0.25) is 15.1 Å². The van der Waals surface area contributed by atoms with Gasteiger partial charge in [0.15, 0.2) is 5.78 Å². The number of benzene rings is 1. The van der Waals surface area contributed by atoms with Gasteiger partial charge in [0.05, 0.1) is 20.8 Å². The van der Waals surface area contributed by atoms with E-state index in [-0.39, 0.29) is 5.78 Å². The molecule has 0 spiro atoms. The predicted molar refractivity (Wildman–Crippen MR) is 76.0 cm³/mol. The Morgan fingerprint density at radius 2 is 1.67 bits per heavy atom. The zero-order chi connectivity index (χ0) is 13.1. The fourth-order valence-corrected chi connectivity index (χ4v) is 2.31. The third-order valence-corrected chi connectivity index (χ3v) is 3.75. The number of hydrazone groups is 1. The Morgan fingerprint density at radius 1 is 1.00 bits per heavy atom. The number of hydrogen-bond donors (Lipinski definition) is 1. The molecule has 96 valence electrons. The largest absolute Gasteiger partial charge is 0.293 e. The maximum absolute atomic E-state index is 11.6. The number of Topliss-reactive ketones (excluding diaryl/α,β-unsaturated/α-hetero) is 1. The summed E-state index contributed by atoms with van der Waals surface area (Å²) in [6, 6.07) is 3.13. The van der Waals surface area contributed by atoms with E-state index < -0.39 is 0 Å². The van der Waals surface area contributed by atoms with E-state index >= 15 is 0 Å². The van der Waals surface area contributed by atoms with Crippen molar-refractivity contribution in [2.75, 3.05) is 5.43 Å². The second-order valence-electron chi connectivity index (χ2n) is 4.05. The Labute approximate surface area is 120 Å². The van der Waals surface area contributed by atoms with Crippen LogP contribution in [0.1, 0.15) is 25.7 Å². The van der Waals surface area contributed by atoms with Crippen molar-refractivity contribution >= 4 is 52.0 Å². The molecule has 1 fully saturated rings. The van der Waals surface area contributed by atoms with E-state index in [0.717, 1.165) is 12.8 Å². The monoisotopic (exact) mass is 304 g/mol. The quantitative estimate of drug-likeness (QED) is 0.643. The third-order valence-electron chi connectivity index (χ3n) is 2.71. The highest BCUT2D eigenvalue weighted by atomic mass is 35.5. The summed E-state index contributed by atoms with van der Waals surface area (Å²) in [5.74, 6) is 0.0879. The van der Waals surface area contributed by atoms with Gasteiger partial charge in [0, 0.05) is 6.42 Å². The number of anilines is 1. The molecule has 0 aromatic heterocycles. The van der Waals surface area contributed by atoms with Gasteiger partial charge in [-0.05, 0) is 31.4 Å². The normalized spacial score (nSPS) is 18.2. The summed E-state index contributed by atoms with van der Waals surface area (Å²) in [5.41, 5.74) is 3.87. The molecule has 1 aliphatic carbocycles. The van der Waals surface area contributed by atoms with E-state index in [9.17, 15) is 4.79 Å². The average Bonchev–Trinajstić information content (AvgIpc) is 2.34. The van der Waals surface area contributed by atoms with E-state index in [1.54, 1.807) is 6.07 Å². The van der Waals surface area contributed by atoms with Crippen molar-refractivity contribution in [3.05, 3.63) is 27.2 Å². The summed E-state index contributed by atoms with van der Waals surface area (Å²) in [6.45, 7) is 0. The fourth-order valence-electron chi connectivity index (χ4n) is 1.72. The first-order chi connectivity index (χ1) is 8.58. The number of hydrogen-bond acceptors (Lipinski definition) is 3. The van der Waals surface area contributed by atoms with Crippen LogP contribution in [0.3, 0.4) is 0 Å². The van der Waals surface area contributed by atoms with Crippen molar-refractivity contribution in [2.45, 2.75) is 25.7 Å². The minimum absolute atomic E-state index is 0.0879. The van der Waals surface area contributed by atoms with E-state index in [4.69, 9.17) is 34.8 Å². The topological polar surface area (TPSA) is 41.5 Å². The number of carbonyl (C=O) groups is 1. The van der Waals surface area contributed by atoms with Gasteiger partial charge >= 0.3 is 0 Å². The molecule has 0 aliphatic heterocycles. The van der Waals surface area contributed by atoms with E-state index in [2.05, 4.69) is 10.5 Å². The molecule has 1 aromatic carbocycles. The Hall–Kier alpha value is -0.770. The van der Waals surface area contributed by atoms with Gasteiger partial charge in [0.2, 0.25) is 0 Å². The van der Waals surface area contributed by atoms with E-state index in [1.807, 2.05) is 0 Å². The van der Waals surface area contributed by atoms with Gasteiger partial charge in [-0.15, -0.1) is 0 Å². The molecule has 0 atom stereocenters. The van der Waals surface area contributed by atoms with Crippen LogP contribution in [0, 0.1) is 0 Å². The van der Waals surface area contributed by atoms with E-state index in [0.29, 0.717) is 39.3 Å². The molecule has 1 N–H and O–H groups in total. The van der Waals surface area contributed by atoms with Crippen molar-refractivity contribution in [1.82, 2.24) is 0 Å². The first kappa shape index (κ1) is 13.7. The first-order valence-electron chi connectivity index (χ1n) is 5.58. The lowest BCUT2D eigenvalue weighted by Crippen LogP contribution is -2.19. The maximum Gasteiger partial charge on any atom is 0.178 e. The summed E-state index contributed by atoms with van der Waals surface area (Å²) >= 11 is 17.7. The molecule has 2 rings (SSSR count). The molecule has 1 aromatic rings. The van der Waals surface area contributed by atoms with Crippen LogP contribution >= 0.6 is 34.8 Å². The summed E-state index contributed by atoms with van der Waals surface area (Å²) in [4.78, 5) is 11.6. The molecule has 18 heavy (non-hydrogen) atoms. The first-order valence-corrected chi connectivity index (χ1v) is 6.71. The minimum atomic E-state index is 0.0879. The summed E-state index contributed by atoms with van der Waals surface area (Å²) in [7, 11) is 0. The lowest BCUT2D eigenvalue weighted by Gasteiger charge is -2.12. The smallest absolute Gasteiger partial charge is 0.178 e. The summed E-state index contributed by atoms with van der Waals surface area (Å²) in [5, 5.41) is 5.28. The highest BCUT2D eigenvalue weighted by molar-refractivity contribution is 6.44. The number of nitrogens with one attached hydrogen (secondary N) is 1. The summed E-state index contributed by atoms with van der Waals surface area (Å²) < 4.78 is 0. The summed E-state index contributed by atoms with van der Waals surface area (Å²) in [6.07, 6.45) is 3.19. The average molecular weight is 306 g/mol. The molecular weight excluding hydrogens is 295 g/mol. The maximum atomic E-state index is 11.6. The van der Waals surface area contributed by atoms with Gasteiger partial charge < -0.3 is 0 Å². The zero-order valence-corrected chi connectivity index (χ0v) is 11.7. The Bertz CT molecular complexity index is 514. The highest BCUT2D eigenvalue weighted by Crippen LogP contribution is 2.32. The molecule has 0 amide bonds. The lowest BCUT2D eigenvalue weighted by atomic mass is 9.97. The minimum Gasteiger partial charge on any atom is -0.293 e. The standard InChI is InChI=1S/C12H11Cl3N2O/c13-7-5-9(15)11(6-8(7)14)17-16-10-3-1-2-4-12(10)18/h5-6,17H,1-4H2/b16-10+. The molecular formula is C12H11Cl3N2O. The van der Waals surface area contributed by atoms with Crippen LogP contribution in [0.25, 0.3) is 0 Å². The van der Waals surface area contributed by atoms with Gasteiger partial charge in [-0.25, -0.2) is 0 Å². The molecule has 1 saturated carbocycles. The Morgan fingerprint density at radius 3 is 2.39 bits per heavy atom. The van der Waals surface area contributed by atoms with Crippen LogP contribution in [0.5, 0.6) is 0 Å². The molecule has 0 bridgehead atoms. The number of rotatable bonds is 2. The van der Waals surface area contributed by atoms with Gasteiger partial charge in [-0.3, -0.25) is 10.2 Å². The van der Waals surface area contributed by atoms with Gasteiger partial charge in [0.1, 0.15) is 5.71 Å². The second kappa shape index (κ2) is 5.91. The predicted octanol–water partition coefficient (Wildman–Crippen LogP) is 4.56. The van der Waals surface area contributed by atoms with Gasteiger partial charge in [-0.2, -0.15) is 5.10 Å². The molecule has 1 aliphatic rings. The van der Waals surface area contributed by atoms with Crippen LogP contribution in [-0.4, -0.2) is 11.5 Å². The molecule has 0 heterocycles. The molecule has 0 radical (unpaired) electrons. The van der Waals surface area contributed by atoms with E-state index in [1.165, 1.54) is 6.07 Å². The molecule has 3 nitrogen and oxygen atoms in total. The number of nitrogens with zero attached hydrogens (tertiary/aromatic N) is 1. The SMILES string of the molecule is O=C1CCCC/C1=N\Nc1cc(Cl)c(Cl)cc1Cl. The van der Waals surface area contributed by atoms with Crippen LogP contribution in [-0.2, 0) is 4.79 Å². The zero-order valence-electron chi connectivity index (χ0n) is 9.47. The number of ketones is 1. The number of carbonyl (C=O) groups excluding carboxylic acids is 1.